The SMILES string of the molecule is CCOc1ccc(N(CC(=O)NCc2ccc(CN3CCCC3)cc2)S(=O)(=O)c2ccc(Br)cc2)cc1. The number of anilines is 1. The maximum atomic E-state index is 13.5. The Morgan fingerprint density at radius 3 is 2.19 bits per heavy atom. The van der Waals surface area contributed by atoms with E-state index in [2.05, 4.69) is 38.3 Å². The molecule has 9 heteroatoms. The fraction of sp³-hybridized carbons (Fsp3) is 0.321. The molecule has 1 amide bonds. The maximum Gasteiger partial charge on any atom is 0.264 e. The van der Waals surface area contributed by atoms with Crippen molar-refractivity contribution in [2.24, 2.45) is 0 Å². The van der Waals surface area contributed by atoms with Gasteiger partial charge in [-0.05, 0) is 92.5 Å². The lowest BCUT2D eigenvalue weighted by Gasteiger charge is -2.24. The lowest BCUT2D eigenvalue weighted by Crippen LogP contribution is -2.40. The molecule has 7 nitrogen and oxygen atoms in total. The molecule has 1 saturated heterocycles. The van der Waals surface area contributed by atoms with Crippen LogP contribution < -0.4 is 14.4 Å². The molecule has 0 bridgehead atoms. The van der Waals surface area contributed by atoms with E-state index < -0.39 is 15.9 Å². The molecule has 0 atom stereocenters. The zero-order chi connectivity index (χ0) is 26.3. The van der Waals surface area contributed by atoms with Crippen molar-refractivity contribution in [2.75, 3.05) is 30.5 Å². The van der Waals surface area contributed by atoms with E-state index in [1.54, 1.807) is 36.4 Å². The quantitative estimate of drug-likeness (QED) is 0.344. The van der Waals surface area contributed by atoms with Crippen LogP contribution in [0.25, 0.3) is 0 Å². The van der Waals surface area contributed by atoms with Gasteiger partial charge in [0.25, 0.3) is 10.0 Å². The highest BCUT2D eigenvalue weighted by atomic mass is 79.9. The number of hydrogen-bond acceptors (Lipinski definition) is 5. The van der Waals surface area contributed by atoms with Gasteiger partial charge in [0.15, 0.2) is 0 Å². The van der Waals surface area contributed by atoms with Gasteiger partial charge in [0, 0.05) is 17.6 Å². The summed E-state index contributed by atoms with van der Waals surface area (Å²) >= 11 is 3.34. The van der Waals surface area contributed by atoms with Crippen molar-refractivity contribution in [3.63, 3.8) is 0 Å². The third-order valence-electron chi connectivity index (χ3n) is 6.24. The second-order valence-electron chi connectivity index (χ2n) is 8.97. The van der Waals surface area contributed by atoms with Gasteiger partial charge >= 0.3 is 0 Å². The van der Waals surface area contributed by atoms with E-state index >= 15 is 0 Å². The number of carbonyl (C=O) groups excluding carboxylic acids is 1. The fourth-order valence-electron chi connectivity index (χ4n) is 4.27. The molecule has 1 heterocycles. The minimum Gasteiger partial charge on any atom is -0.494 e. The molecule has 1 aliphatic heterocycles. The molecule has 0 radical (unpaired) electrons. The van der Waals surface area contributed by atoms with E-state index in [4.69, 9.17) is 4.74 Å². The molecule has 0 unspecified atom stereocenters. The van der Waals surface area contributed by atoms with Gasteiger partial charge in [-0.2, -0.15) is 0 Å². The Morgan fingerprint density at radius 1 is 0.946 bits per heavy atom. The van der Waals surface area contributed by atoms with Crippen LogP contribution in [0.2, 0.25) is 0 Å². The molecular weight excluding hydrogens is 554 g/mol. The topological polar surface area (TPSA) is 79.0 Å². The number of nitrogens with one attached hydrogen (secondary N) is 1. The van der Waals surface area contributed by atoms with Gasteiger partial charge in [0.1, 0.15) is 12.3 Å². The lowest BCUT2D eigenvalue weighted by atomic mass is 10.1. The van der Waals surface area contributed by atoms with Crippen molar-refractivity contribution in [3.05, 3.63) is 88.4 Å². The number of halogens is 1. The summed E-state index contributed by atoms with van der Waals surface area (Å²) in [6.45, 7) is 5.58. The summed E-state index contributed by atoms with van der Waals surface area (Å²) in [6, 6.07) is 21.2. The van der Waals surface area contributed by atoms with Gasteiger partial charge in [0.05, 0.1) is 17.2 Å². The Kier molecular flexibility index (Phi) is 9.23. The van der Waals surface area contributed by atoms with Crippen LogP contribution in [0.4, 0.5) is 5.69 Å². The van der Waals surface area contributed by atoms with E-state index in [1.807, 2.05) is 19.1 Å². The van der Waals surface area contributed by atoms with Crippen molar-refractivity contribution in [1.29, 1.82) is 0 Å². The number of benzene rings is 3. The number of nitrogens with zero attached hydrogens (tertiary/aromatic N) is 2. The largest absolute Gasteiger partial charge is 0.494 e. The van der Waals surface area contributed by atoms with Crippen LogP contribution in [0.1, 0.15) is 30.9 Å². The highest BCUT2D eigenvalue weighted by Crippen LogP contribution is 2.26. The first-order valence-corrected chi connectivity index (χ1v) is 14.7. The normalized spacial score (nSPS) is 13.9. The monoisotopic (exact) mass is 585 g/mol. The minimum absolute atomic E-state index is 0.103. The zero-order valence-electron chi connectivity index (χ0n) is 20.9. The standard InChI is InChI=1S/C28H32BrN3O4S/c1-2-36-26-13-11-25(12-14-26)32(37(34,35)27-15-9-24(29)10-16-27)21-28(33)30-19-22-5-7-23(8-6-22)20-31-17-3-4-18-31/h5-16H,2-4,17-21H2,1H3,(H,30,33). The highest BCUT2D eigenvalue weighted by Gasteiger charge is 2.27. The molecule has 3 aromatic carbocycles. The molecular formula is C28H32BrN3O4S. The summed E-state index contributed by atoms with van der Waals surface area (Å²) in [5.41, 5.74) is 2.59. The summed E-state index contributed by atoms with van der Waals surface area (Å²) in [4.78, 5) is 15.5. The Hall–Kier alpha value is -2.88. The van der Waals surface area contributed by atoms with Crippen molar-refractivity contribution in [2.45, 2.75) is 37.8 Å². The van der Waals surface area contributed by atoms with Crippen molar-refractivity contribution >= 4 is 37.5 Å². The highest BCUT2D eigenvalue weighted by molar-refractivity contribution is 9.10. The fourth-order valence-corrected chi connectivity index (χ4v) is 5.96. The average Bonchev–Trinajstić information content (AvgIpc) is 3.41. The Balaban J connectivity index is 1.45. The van der Waals surface area contributed by atoms with E-state index in [0.29, 0.717) is 24.6 Å². The van der Waals surface area contributed by atoms with Gasteiger partial charge in [-0.3, -0.25) is 14.0 Å². The van der Waals surface area contributed by atoms with E-state index in [0.717, 1.165) is 34.0 Å². The number of rotatable bonds is 11. The molecule has 0 spiro atoms. The van der Waals surface area contributed by atoms with E-state index in [9.17, 15) is 13.2 Å². The molecule has 196 valence electrons. The van der Waals surface area contributed by atoms with Crippen LogP contribution in [0.15, 0.2) is 82.2 Å². The third-order valence-corrected chi connectivity index (χ3v) is 8.56. The van der Waals surface area contributed by atoms with E-state index in [1.165, 1.54) is 30.5 Å². The molecule has 0 aliphatic carbocycles. The van der Waals surface area contributed by atoms with Crippen LogP contribution in [0.3, 0.4) is 0 Å². The summed E-state index contributed by atoms with van der Waals surface area (Å²) in [5, 5.41) is 2.87. The van der Waals surface area contributed by atoms with Crippen molar-refractivity contribution < 1.29 is 17.9 Å². The molecule has 3 aromatic rings. The number of hydrogen-bond donors (Lipinski definition) is 1. The second-order valence-corrected chi connectivity index (χ2v) is 11.7. The second kappa shape index (κ2) is 12.6. The summed E-state index contributed by atoms with van der Waals surface area (Å²) in [7, 11) is -3.99. The number of carbonyl (C=O) groups is 1. The number of amides is 1. The summed E-state index contributed by atoms with van der Waals surface area (Å²) in [6.07, 6.45) is 2.52. The maximum absolute atomic E-state index is 13.5. The van der Waals surface area contributed by atoms with Gasteiger partial charge in [-0.15, -0.1) is 0 Å². The van der Waals surface area contributed by atoms with Crippen molar-refractivity contribution in [3.8, 4) is 5.75 Å². The molecule has 1 fully saturated rings. The Bertz CT molecular complexity index is 1270. The summed E-state index contributed by atoms with van der Waals surface area (Å²) < 4.78 is 34.5. The molecule has 0 saturated carbocycles. The van der Waals surface area contributed by atoms with Crippen LogP contribution in [0.5, 0.6) is 5.75 Å². The number of likely N-dealkylation sites (tertiary alicyclic amines) is 1. The first-order valence-electron chi connectivity index (χ1n) is 12.4. The minimum atomic E-state index is -3.99. The van der Waals surface area contributed by atoms with Gasteiger partial charge in [0.2, 0.25) is 5.91 Å². The van der Waals surface area contributed by atoms with Gasteiger partial charge < -0.3 is 10.1 Å². The average molecular weight is 587 g/mol. The first kappa shape index (κ1) is 27.2. The lowest BCUT2D eigenvalue weighted by molar-refractivity contribution is -0.119. The van der Waals surface area contributed by atoms with Crippen LogP contribution in [-0.2, 0) is 27.9 Å². The number of sulfonamides is 1. The third kappa shape index (κ3) is 7.34. The smallest absolute Gasteiger partial charge is 0.264 e. The Labute approximate surface area is 227 Å². The van der Waals surface area contributed by atoms with Crippen LogP contribution >= 0.6 is 15.9 Å². The van der Waals surface area contributed by atoms with Gasteiger partial charge in [-0.25, -0.2) is 8.42 Å². The molecule has 0 aromatic heterocycles. The Morgan fingerprint density at radius 2 is 1.57 bits per heavy atom. The van der Waals surface area contributed by atoms with Crippen LogP contribution in [-0.4, -0.2) is 45.5 Å². The predicted octanol–water partition coefficient (Wildman–Crippen LogP) is 4.96. The predicted molar refractivity (Wildman–Crippen MR) is 149 cm³/mol. The zero-order valence-corrected chi connectivity index (χ0v) is 23.3. The molecule has 1 aliphatic rings. The number of ether oxygens (including phenoxy) is 1. The molecule has 4 rings (SSSR count). The molecule has 1 N–H and O–H groups in total. The van der Waals surface area contributed by atoms with E-state index in [-0.39, 0.29) is 11.4 Å². The molecule has 37 heavy (non-hydrogen) atoms. The van der Waals surface area contributed by atoms with Crippen LogP contribution in [0, 0.1) is 0 Å². The van der Waals surface area contributed by atoms with Crippen molar-refractivity contribution in [1.82, 2.24) is 10.2 Å². The summed E-state index contributed by atoms with van der Waals surface area (Å²) in [5.74, 6) is 0.237. The first-order chi connectivity index (χ1) is 17.8. The van der Waals surface area contributed by atoms with Gasteiger partial charge in [-0.1, -0.05) is 40.2 Å².